The molecule has 0 spiro atoms. The van der Waals surface area contributed by atoms with E-state index in [0.717, 1.165) is 17.1 Å². The first-order chi connectivity index (χ1) is 24.8. The molecule has 9 rings (SSSR count). The van der Waals surface area contributed by atoms with Crippen molar-refractivity contribution in [3.8, 4) is 39.1 Å². The Morgan fingerprint density at radius 1 is 0.320 bits per heavy atom. The first-order valence-electron chi connectivity index (χ1n) is 17.1. The topological polar surface area (TPSA) is 8.17 Å². The molecule has 0 aliphatic heterocycles. The van der Waals surface area contributed by atoms with E-state index in [1.165, 1.54) is 60.9 Å². The zero-order valence-corrected chi connectivity index (χ0v) is 27.5. The molecule has 0 unspecified atom stereocenters. The van der Waals surface area contributed by atoms with Crippen LogP contribution in [-0.2, 0) is 0 Å². The Morgan fingerprint density at radius 3 is 1.66 bits per heavy atom. The molecule has 1 heterocycles. The summed E-state index contributed by atoms with van der Waals surface area (Å²) in [5, 5.41) is 2.53. The van der Waals surface area contributed by atoms with Crippen molar-refractivity contribution in [2.24, 2.45) is 0 Å². The molecule has 50 heavy (non-hydrogen) atoms. The normalized spacial score (nSPS) is 11.2. The van der Waals surface area contributed by atoms with Crippen LogP contribution in [0.1, 0.15) is 0 Å². The Morgan fingerprint density at radius 2 is 0.860 bits per heavy atom. The number of nitrogens with zero attached hydrogens (tertiary/aromatic N) is 2. The van der Waals surface area contributed by atoms with Crippen LogP contribution in [0.15, 0.2) is 206 Å². The monoisotopic (exact) mass is 638 g/mol. The van der Waals surface area contributed by atoms with E-state index in [2.05, 4.69) is 216 Å². The maximum absolute atomic E-state index is 2.38. The van der Waals surface area contributed by atoms with Crippen LogP contribution in [0, 0.1) is 0 Å². The van der Waals surface area contributed by atoms with Gasteiger partial charge in [0.05, 0.1) is 16.7 Å². The molecule has 0 atom stereocenters. The van der Waals surface area contributed by atoms with Gasteiger partial charge in [-0.1, -0.05) is 152 Å². The molecule has 8 aromatic carbocycles. The van der Waals surface area contributed by atoms with Gasteiger partial charge in [-0.25, -0.2) is 0 Å². The summed E-state index contributed by atoms with van der Waals surface area (Å²) >= 11 is 0. The zero-order valence-electron chi connectivity index (χ0n) is 27.5. The van der Waals surface area contributed by atoms with E-state index in [9.17, 15) is 0 Å². The highest BCUT2D eigenvalue weighted by atomic mass is 15.1. The van der Waals surface area contributed by atoms with Crippen LogP contribution in [0.3, 0.4) is 0 Å². The number of aromatic nitrogens is 1. The van der Waals surface area contributed by atoms with E-state index in [4.69, 9.17) is 0 Å². The summed E-state index contributed by atoms with van der Waals surface area (Å²) in [6, 6.07) is 74.0. The van der Waals surface area contributed by atoms with Gasteiger partial charge in [0.2, 0.25) is 0 Å². The van der Waals surface area contributed by atoms with Gasteiger partial charge < -0.3 is 9.47 Å². The maximum atomic E-state index is 2.38. The third-order valence-corrected chi connectivity index (χ3v) is 9.59. The van der Waals surface area contributed by atoms with Crippen molar-refractivity contribution in [2.75, 3.05) is 4.90 Å². The van der Waals surface area contributed by atoms with Gasteiger partial charge in [-0.15, -0.1) is 0 Å². The van der Waals surface area contributed by atoms with Gasteiger partial charge in [-0.05, 0) is 82.4 Å². The minimum Gasteiger partial charge on any atom is -0.310 e. The molecule has 0 aliphatic rings. The van der Waals surface area contributed by atoms with E-state index in [1.807, 2.05) is 0 Å². The van der Waals surface area contributed by atoms with Gasteiger partial charge in [0.15, 0.2) is 0 Å². The average Bonchev–Trinajstić information content (AvgIpc) is 3.53. The fourth-order valence-electron chi connectivity index (χ4n) is 7.22. The minimum absolute atomic E-state index is 1.11. The minimum atomic E-state index is 1.11. The van der Waals surface area contributed by atoms with Crippen molar-refractivity contribution in [1.29, 1.82) is 0 Å². The van der Waals surface area contributed by atoms with E-state index in [0.29, 0.717) is 0 Å². The molecule has 0 saturated heterocycles. The van der Waals surface area contributed by atoms with Crippen molar-refractivity contribution < 1.29 is 0 Å². The number of benzene rings is 8. The van der Waals surface area contributed by atoms with Gasteiger partial charge in [0.25, 0.3) is 0 Å². The molecule has 1 aromatic heterocycles. The largest absolute Gasteiger partial charge is 0.310 e. The lowest BCUT2D eigenvalue weighted by Crippen LogP contribution is -2.11. The van der Waals surface area contributed by atoms with Crippen molar-refractivity contribution in [1.82, 2.24) is 4.57 Å². The molecule has 2 heteroatoms. The molecule has 0 bridgehead atoms. The second kappa shape index (κ2) is 12.8. The molecule has 0 radical (unpaired) electrons. The molecule has 236 valence electrons. The Balaban J connectivity index is 1.13. The summed E-state index contributed by atoms with van der Waals surface area (Å²) in [5.41, 5.74) is 14.1. The lowest BCUT2D eigenvalue weighted by Gasteiger charge is -2.28. The smallest absolute Gasteiger partial charge is 0.0547 e. The van der Waals surface area contributed by atoms with Gasteiger partial charge in [0.1, 0.15) is 0 Å². The molecule has 0 amide bonds. The van der Waals surface area contributed by atoms with Crippen molar-refractivity contribution in [3.05, 3.63) is 206 Å². The number of hydrogen-bond acceptors (Lipinski definition) is 1. The third kappa shape index (κ3) is 5.34. The van der Waals surface area contributed by atoms with E-state index >= 15 is 0 Å². The number of anilines is 3. The van der Waals surface area contributed by atoms with Crippen LogP contribution in [0.2, 0.25) is 0 Å². The van der Waals surface area contributed by atoms with E-state index in [-0.39, 0.29) is 0 Å². The number of rotatable bonds is 7. The summed E-state index contributed by atoms with van der Waals surface area (Å²) in [6.45, 7) is 0. The Hall–Kier alpha value is -6.64. The molecule has 0 fully saturated rings. The van der Waals surface area contributed by atoms with Gasteiger partial charge in [-0.3, -0.25) is 0 Å². The Bertz CT molecular complexity index is 2570. The fourth-order valence-corrected chi connectivity index (χ4v) is 7.22. The molecule has 9 aromatic rings. The second-order valence-corrected chi connectivity index (χ2v) is 12.6. The summed E-state index contributed by atoms with van der Waals surface area (Å²) in [5.74, 6) is 0. The summed E-state index contributed by atoms with van der Waals surface area (Å²) in [6.07, 6.45) is 0. The van der Waals surface area contributed by atoms with Crippen molar-refractivity contribution in [3.63, 3.8) is 0 Å². The van der Waals surface area contributed by atoms with Crippen LogP contribution >= 0.6 is 0 Å². The highest BCUT2D eigenvalue weighted by Crippen LogP contribution is 2.42. The van der Waals surface area contributed by atoms with E-state index < -0.39 is 0 Å². The summed E-state index contributed by atoms with van der Waals surface area (Å²) in [7, 11) is 0. The number of hydrogen-bond donors (Lipinski definition) is 0. The Labute approximate surface area is 292 Å². The van der Waals surface area contributed by atoms with Gasteiger partial charge in [-0.2, -0.15) is 0 Å². The standard InChI is InChI=1S/C48H34N2/c1-4-15-35(16-5-1)38-17-14-22-42(33-38)49(40-18-6-2-7-19-40)46-25-12-10-23-43(46)37-29-27-36(28-30-37)39-31-32-45-44-24-11-13-26-47(44)50(48(45)34-39)41-20-8-3-9-21-41/h1-34H. The first-order valence-corrected chi connectivity index (χ1v) is 17.1. The summed E-state index contributed by atoms with van der Waals surface area (Å²) in [4.78, 5) is 2.37. The van der Waals surface area contributed by atoms with Crippen molar-refractivity contribution in [2.45, 2.75) is 0 Å². The lowest BCUT2D eigenvalue weighted by molar-refractivity contribution is 1.18. The fraction of sp³-hybridized carbons (Fsp3) is 0. The summed E-state index contributed by atoms with van der Waals surface area (Å²) < 4.78 is 2.38. The molecule has 0 N–H and O–H groups in total. The SMILES string of the molecule is c1ccc(-c2cccc(N(c3ccccc3)c3ccccc3-c3ccc(-c4ccc5c6ccccc6n(-c6ccccc6)c5c4)cc3)c2)cc1. The van der Waals surface area contributed by atoms with Crippen LogP contribution in [-0.4, -0.2) is 4.57 Å². The highest BCUT2D eigenvalue weighted by molar-refractivity contribution is 6.10. The molecule has 2 nitrogen and oxygen atoms in total. The predicted octanol–water partition coefficient (Wildman–Crippen LogP) is 13.3. The molecule has 0 saturated carbocycles. The molecule has 0 aliphatic carbocycles. The highest BCUT2D eigenvalue weighted by Gasteiger charge is 2.18. The number of para-hydroxylation sites is 4. The average molecular weight is 639 g/mol. The third-order valence-electron chi connectivity index (χ3n) is 9.59. The maximum Gasteiger partial charge on any atom is 0.0547 e. The van der Waals surface area contributed by atoms with Crippen LogP contribution in [0.4, 0.5) is 17.1 Å². The predicted molar refractivity (Wildman–Crippen MR) is 212 cm³/mol. The second-order valence-electron chi connectivity index (χ2n) is 12.6. The van der Waals surface area contributed by atoms with Gasteiger partial charge in [0, 0.05) is 33.4 Å². The zero-order chi connectivity index (χ0) is 33.3. The van der Waals surface area contributed by atoms with Gasteiger partial charge >= 0.3 is 0 Å². The van der Waals surface area contributed by atoms with Crippen LogP contribution in [0.5, 0.6) is 0 Å². The quantitative estimate of drug-likeness (QED) is 0.169. The van der Waals surface area contributed by atoms with E-state index in [1.54, 1.807) is 0 Å². The molecular formula is C48H34N2. The number of fused-ring (bicyclic) bond motifs is 3. The Kier molecular flexibility index (Phi) is 7.53. The lowest BCUT2D eigenvalue weighted by atomic mass is 9.97. The molecular weight excluding hydrogens is 605 g/mol. The van der Waals surface area contributed by atoms with Crippen LogP contribution < -0.4 is 4.90 Å². The first kappa shape index (κ1) is 29.5. The van der Waals surface area contributed by atoms with Crippen molar-refractivity contribution >= 4 is 38.9 Å². The van der Waals surface area contributed by atoms with Crippen LogP contribution in [0.25, 0.3) is 60.9 Å².